The molecular weight excluding hydrogens is 446 g/mol. The highest BCUT2D eigenvalue weighted by atomic mass is 16.5. The number of rotatable bonds is 7. The molecule has 1 fully saturated rings. The van der Waals surface area contributed by atoms with E-state index in [0.717, 1.165) is 36.9 Å². The molecule has 4 rings (SSSR count). The van der Waals surface area contributed by atoms with Crippen LogP contribution in [0.25, 0.3) is 10.9 Å². The van der Waals surface area contributed by atoms with E-state index in [1.54, 1.807) is 31.3 Å². The number of amides is 1. The molecule has 1 N–H and O–H groups in total. The van der Waals surface area contributed by atoms with Gasteiger partial charge in [0.15, 0.2) is 6.61 Å². The summed E-state index contributed by atoms with van der Waals surface area (Å²) < 4.78 is 8.65. The van der Waals surface area contributed by atoms with E-state index >= 15 is 0 Å². The molecule has 0 saturated heterocycles. The lowest BCUT2D eigenvalue weighted by Crippen LogP contribution is -2.25. The van der Waals surface area contributed by atoms with Gasteiger partial charge < -0.3 is 14.6 Å². The van der Waals surface area contributed by atoms with E-state index in [1.807, 2.05) is 18.4 Å². The van der Waals surface area contributed by atoms with Crippen LogP contribution in [0.2, 0.25) is 0 Å². The Morgan fingerprint density at radius 2 is 1.94 bits per heavy atom. The predicted octanol–water partition coefficient (Wildman–Crippen LogP) is 3.45. The summed E-state index contributed by atoms with van der Waals surface area (Å²) in [6, 6.07) is 9.49. The smallest absolute Gasteiger partial charge is 0.306 e. The molecule has 0 aliphatic heterocycles. The Morgan fingerprint density at radius 1 is 1.23 bits per heavy atom. The molecule has 0 atom stereocenters. The average Bonchev–Trinajstić information content (AvgIpc) is 3.45. The van der Waals surface area contributed by atoms with Gasteiger partial charge in [-0.25, -0.2) is 4.98 Å². The number of nitriles is 1. The van der Waals surface area contributed by atoms with Crippen LogP contribution >= 0.6 is 0 Å². The van der Waals surface area contributed by atoms with Gasteiger partial charge in [-0.05, 0) is 44.4 Å². The van der Waals surface area contributed by atoms with Gasteiger partial charge in [0.1, 0.15) is 17.7 Å². The minimum absolute atomic E-state index is 0.0218. The molecule has 1 saturated carbocycles. The van der Waals surface area contributed by atoms with Gasteiger partial charge in [0.2, 0.25) is 0 Å². The van der Waals surface area contributed by atoms with Gasteiger partial charge in [-0.2, -0.15) is 5.26 Å². The standard InChI is InChI=1S/C26H29N5O4/c1-16-17(2)31(18-8-4-5-9-18)25(20(16)14-27)29-23(32)15-35-24(33)13-12-22-28-21-11-7-6-10-19(21)26(34)30(22)3/h6-7,10-11,18H,4-5,8-9,12-13,15H2,1-3H3,(H,29,32). The molecule has 9 heteroatoms. The molecule has 1 aromatic carbocycles. The van der Waals surface area contributed by atoms with Gasteiger partial charge in [0, 0.05) is 25.2 Å². The molecule has 9 nitrogen and oxygen atoms in total. The molecule has 2 aromatic heterocycles. The van der Waals surface area contributed by atoms with Crippen LogP contribution < -0.4 is 10.9 Å². The Labute approximate surface area is 203 Å². The summed E-state index contributed by atoms with van der Waals surface area (Å²) in [7, 11) is 1.62. The van der Waals surface area contributed by atoms with Crippen LogP contribution in [0.1, 0.15) is 60.8 Å². The minimum atomic E-state index is -0.568. The number of aryl methyl sites for hydroxylation is 1. The fourth-order valence-electron chi connectivity index (χ4n) is 4.79. The second-order valence-corrected chi connectivity index (χ2v) is 8.97. The van der Waals surface area contributed by atoms with Crippen LogP contribution in [0.4, 0.5) is 5.82 Å². The fraction of sp³-hybridized carbons (Fsp3) is 0.423. The lowest BCUT2D eigenvalue weighted by atomic mass is 10.2. The largest absolute Gasteiger partial charge is 0.456 e. The van der Waals surface area contributed by atoms with Crippen molar-refractivity contribution in [2.24, 2.45) is 7.05 Å². The van der Waals surface area contributed by atoms with Gasteiger partial charge in [0.25, 0.3) is 11.5 Å². The van der Waals surface area contributed by atoms with E-state index in [2.05, 4.69) is 16.4 Å². The first-order valence-electron chi connectivity index (χ1n) is 11.8. The van der Waals surface area contributed by atoms with Gasteiger partial charge in [0.05, 0.1) is 22.9 Å². The molecule has 182 valence electrons. The lowest BCUT2D eigenvalue weighted by molar-refractivity contribution is -0.147. The van der Waals surface area contributed by atoms with Crippen LogP contribution in [-0.2, 0) is 27.8 Å². The summed E-state index contributed by atoms with van der Waals surface area (Å²) in [5, 5.41) is 13.0. The summed E-state index contributed by atoms with van der Waals surface area (Å²) >= 11 is 0. The first-order chi connectivity index (χ1) is 16.8. The number of carbonyl (C=O) groups is 2. The third kappa shape index (κ3) is 4.83. The number of anilines is 1. The zero-order chi connectivity index (χ0) is 25.1. The zero-order valence-corrected chi connectivity index (χ0v) is 20.3. The van der Waals surface area contributed by atoms with E-state index in [0.29, 0.717) is 28.1 Å². The molecule has 0 unspecified atom stereocenters. The fourth-order valence-corrected chi connectivity index (χ4v) is 4.79. The molecule has 1 amide bonds. The second-order valence-electron chi connectivity index (χ2n) is 8.97. The maximum Gasteiger partial charge on any atom is 0.306 e. The number of fused-ring (bicyclic) bond motifs is 1. The van der Waals surface area contributed by atoms with E-state index in [9.17, 15) is 19.6 Å². The molecule has 1 aliphatic carbocycles. The number of benzene rings is 1. The van der Waals surface area contributed by atoms with Crippen LogP contribution in [0.3, 0.4) is 0 Å². The van der Waals surface area contributed by atoms with E-state index in [-0.39, 0.29) is 24.4 Å². The van der Waals surface area contributed by atoms with Gasteiger partial charge in [-0.1, -0.05) is 25.0 Å². The topological polar surface area (TPSA) is 119 Å². The summed E-state index contributed by atoms with van der Waals surface area (Å²) in [6.07, 6.45) is 4.42. The maximum absolute atomic E-state index is 12.6. The summed E-state index contributed by atoms with van der Waals surface area (Å²) in [5.41, 5.74) is 2.65. The summed E-state index contributed by atoms with van der Waals surface area (Å²) in [5.74, 6) is -0.121. The van der Waals surface area contributed by atoms with Crippen molar-refractivity contribution in [1.82, 2.24) is 14.1 Å². The van der Waals surface area contributed by atoms with Crippen LogP contribution in [-0.4, -0.2) is 32.6 Å². The molecule has 0 spiro atoms. The molecule has 35 heavy (non-hydrogen) atoms. The molecular formula is C26H29N5O4. The van der Waals surface area contributed by atoms with Crippen molar-refractivity contribution >= 4 is 28.6 Å². The summed E-state index contributed by atoms with van der Waals surface area (Å²) in [4.78, 5) is 41.9. The summed E-state index contributed by atoms with van der Waals surface area (Å²) in [6.45, 7) is 3.38. The predicted molar refractivity (Wildman–Crippen MR) is 131 cm³/mol. The highest BCUT2D eigenvalue weighted by Gasteiger charge is 2.27. The van der Waals surface area contributed by atoms with Gasteiger partial charge in [-0.15, -0.1) is 0 Å². The minimum Gasteiger partial charge on any atom is -0.456 e. The monoisotopic (exact) mass is 475 g/mol. The quantitative estimate of drug-likeness (QED) is 0.523. The Kier molecular flexibility index (Phi) is 7.01. The van der Waals surface area contributed by atoms with Crippen LogP contribution in [0.5, 0.6) is 0 Å². The van der Waals surface area contributed by atoms with Crippen molar-refractivity contribution in [1.29, 1.82) is 5.26 Å². The first kappa shape index (κ1) is 24.2. The number of aromatic nitrogens is 3. The molecule has 2 heterocycles. The van der Waals surface area contributed by atoms with E-state index < -0.39 is 18.5 Å². The third-order valence-electron chi connectivity index (χ3n) is 6.81. The Bertz CT molecular complexity index is 1390. The Hall–Kier alpha value is -3.93. The van der Waals surface area contributed by atoms with Crippen molar-refractivity contribution in [2.75, 3.05) is 11.9 Å². The van der Waals surface area contributed by atoms with Crippen LogP contribution in [0.15, 0.2) is 29.1 Å². The Morgan fingerprint density at radius 3 is 2.66 bits per heavy atom. The SMILES string of the molecule is Cc1c(C#N)c(NC(=O)COC(=O)CCc2nc3ccccc3c(=O)n2C)n(C2CCCC2)c1C. The zero-order valence-electron chi connectivity index (χ0n) is 20.3. The molecule has 0 bridgehead atoms. The first-order valence-corrected chi connectivity index (χ1v) is 11.8. The highest BCUT2D eigenvalue weighted by Crippen LogP contribution is 2.37. The van der Waals surface area contributed by atoms with E-state index in [1.165, 1.54) is 4.57 Å². The van der Waals surface area contributed by atoms with Crippen molar-refractivity contribution < 1.29 is 14.3 Å². The van der Waals surface area contributed by atoms with Crippen molar-refractivity contribution in [3.8, 4) is 6.07 Å². The van der Waals surface area contributed by atoms with E-state index in [4.69, 9.17) is 4.74 Å². The lowest BCUT2D eigenvalue weighted by Gasteiger charge is -2.19. The number of hydrogen-bond donors (Lipinski definition) is 1. The maximum atomic E-state index is 12.6. The molecule has 0 radical (unpaired) electrons. The number of ether oxygens (including phenoxy) is 1. The van der Waals surface area contributed by atoms with Crippen LogP contribution in [0, 0.1) is 25.2 Å². The van der Waals surface area contributed by atoms with Gasteiger partial charge in [-0.3, -0.25) is 19.0 Å². The number of hydrogen-bond acceptors (Lipinski definition) is 6. The second kappa shape index (κ2) is 10.1. The normalized spacial score (nSPS) is 13.7. The van der Waals surface area contributed by atoms with Crippen molar-refractivity contribution in [2.45, 2.75) is 58.4 Å². The number of carbonyl (C=O) groups excluding carboxylic acids is 2. The Balaban J connectivity index is 1.39. The molecule has 1 aliphatic rings. The number of nitrogens with one attached hydrogen (secondary N) is 1. The molecule has 3 aromatic rings. The number of para-hydroxylation sites is 1. The number of nitrogens with zero attached hydrogens (tertiary/aromatic N) is 4. The third-order valence-corrected chi connectivity index (χ3v) is 6.81. The highest BCUT2D eigenvalue weighted by molar-refractivity contribution is 5.93. The number of esters is 1. The average molecular weight is 476 g/mol. The van der Waals surface area contributed by atoms with Gasteiger partial charge >= 0.3 is 5.97 Å². The van der Waals surface area contributed by atoms with Crippen molar-refractivity contribution in [3.63, 3.8) is 0 Å². The van der Waals surface area contributed by atoms with Crippen molar-refractivity contribution in [3.05, 3.63) is 57.3 Å².